The number of ether oxygens (including phenoxy) is 2. The summed E-state index contributed by atoms with van der Waals surface area (Å²) in [5, 5.41) is 8.00. The second-order valence-corrected chi connectivity index (χ2v) is 10.6. The zero-order valence-corrected chi connectivity index (χ0v) is 22.3. The van der Waals surface area contributed by atoms with E-state index in [9.17, 15) is 0 Å². The Morgan fingerprint density at radius 1 is 0.917 bits per heavy atom. The number of halogens is 1. The topological polar surface area (TPSA) is 74.8 Å². The van der Waals surface area contributed by atoms with Gasteiger partial charge >= 0.3 is 0 Å². The molecule has 2 N–H and O–H groups in total. The Bertz CT molecular complexity index is 1000. The van der Waals surface area contributed by atoms with Gasteiger partial charge in [0.15, 0.2) is 5.11 Å². The Hall–Kier alpha value is -2.20. The third-order valence-electron chi connectivity index (χ3n) is 7.41. The van der Waals surface area contributed by atoms with Crippen molar-refractivity contribution in [2.45, 2.75) is 37.5 Å². The van der Waals surface area contributed by atoms with Gasteiger partial charge < -0.3 is 29.9 Å². The Morgan fingerprint density at radius 3 is 2.28 bits per heavy atom. The van der Waals surface area contributed by atoms with E-state index in [-0.39, 0.29) is 5.41 Å². The molecule has 0 bridgehead atoms. The van der Waals surface area contributed by atoms with Gasteiger partial charge in [0, 0.05) is 62.4 Å². The van der Waals surface area contributed by atoms with E-state index in [0.29, 0.717) is 30.8 Å². The van der Waals surface area contributed by atoms with Crippen LogP contribution in [0.5, 0.6) is 0 Å². The van der Waals surface area contributed by atoms with Crippen molar-refractivity contribution in [3.63, 3.8) is 0 Å². The predicted molar refractivity (Wildman–Crippen MR) is 149 cm³/mol. The number of nitrogens with one attached hydrogen (secondary N) is 2. The Morgan fingerprint density at radius 2 is 1.58 bits per heavy atom. The summed E-state index contributed by atoms with van der Waals surface area (Å²) in [5.41, 5.74) is 1.12. The van der Waals surface area contributed by atoms with Crippen molar-refractivity contribution in [2.24, 2.45) is 0 Å². The number of anilines is 3. The first-order valence-corrected chi connectivity index (χ1v) is 13.8. The number of aromatic nitrogens is 2. The lowest BCUT2D eigenvalue weighted by molar-refractivity contribution is 0.0515. The van der Waals surface area contributed by atoms with Crippen molar-refractivity contribution >= 4 is 46.5 Å². The van der Waals surface area contributed by atoms with E-state index in [0.717, 1.165) is 68.9 Å². The number of nitrogens with zero attached hydrogens (tertiary/aromatic N) is 4. The van der Waals surface area contributed by atoms with Crippen molar-refractivity contribution in [1.82, 2.24) is 15.3 Å². The second kappa shape index (κ2) is 11.9. The highest BCUT2D eigenvalue weighted by Gasteiger charge is 2.35. The second-order valence-electron chi connectivity index (χ2n) is 9.77. The smallest absolute Gasteiger partial charge is 0.232 e. The molecular weight excluding hydrogens is 496 g/mol. The highest BCUT2D eigenvalue weighted by Crippen LogP contribution is 2.35. The molecule has 5 rings (SSSR count). The predicted octanol–water partition coefficient (Wildman–Crippen LogP) is 3.99. The van der Waals surface area contributed by atoms with Gasteiger partial charge in [0.1, 0.15) is 11.6 Å². The van der Waals surface area contributed by atoms with E-state index in [2.05, 4.69) is 38.6 Å². The van der Waals surface area contributed by atoms with Crippen LogP contribution < -0.4 is 20.4 Å². The van der Waals surface area contributed by atoms with Crippen LogP contribution in [0.1, 0.15) is 37.7 Å². The number of morpholine rings is 1. The Labute approximate surface area is 223 Å². The molecule has 2 aromatic rings. The van der Waals surface area contributed by atoms with Crippen molar-refractivity contribution < 1.29 is 9.47 Å². The molecule has 194 valence electrons. The molecule has 0 spiro atoms. The molecule has 0 aliphatic carbocycles. The van der Waals surface area contributed by atoms with E-state index < -0.39 is 0 Å². The van der Waals surface area contributed by atoms with E-state index in [1.165, 1.54) is 24.8 Å². The van der Waals surface area contributed by atoms with Crippen molar-refractivity contribution in [3.8, 4) is 0 Å². The number of rotatable bonds is 6. The summed E-state index contributed by atoms with van der Waals surface area (Å²) in [6, 6.07) is 10.2. The average molecular weight is 531 g/mol. The maximum absolute atomic E-state index is 6.33. The fourth-order valence-corrected chi connectivity index (χ4v) is 5.61. The summed E-state index contributed by atoms with van der Waals surface area (Å²) < 4.78 is 11.2. The van der Waals surface area contributed by atoms with Crippen LogP contribution in [0.25, 0.3) is 0 Å². The fourth-order valence-electron chi connectivity index (χ4n) is 5.26. The lowest BCUT2D eigenvalue weighted by atomic mass is 9.74. The number of hydrogen-bond acceptors (Lipinski definition) is 7. The van der Waals surface area contributed by atoms with Gasteiger partial charge in [-0.1, -0.05) is 23.7 Å². The molecule has 0 amide bonds. The van der Waals surface area contributed by atoms with Crippen LogP contribution in [0.15, 0.2) is 30.3 Å². The van der Waals surface area contributed by atoms with Gasteiger partial charge in [-0.15, -0.1) is 0 Å². The van der Waals surface area contributed by atoms with Gasteiger partial charge in [0.05, 0.1) is 13.2 Å². The molecule has 0 unspecified atom stereocenters. The first-order valence-electron chi connectivity index (χ1n) is 13.0. The summed E-state index contributed by atoms with van der Waals surface area (Å²) in [4.78, 5) is 14.3. The van der Waals surface area contributed by atoms with Gasteiger partial charge in [-0.25, -0.2) is 0 Å². The third-order valence-corrected chi connectivity index (χ3v) is 7.90. The van der Waals surface area contributed by atoms with Crippen LogP contribution in [0, 0.1) is 0 Å². The quantitative estimate of drug-likeness (QED) is 0.539. The molecule has 8 nitrogen and oxygen atoms in total. The van der Waals surface area contributed by atoms with Crippen LogP contribution in [0.4, 0.5) is 17.6 Å². The molecule has 0 atom stereocenters. The number of piperidine rings is 1. The highest BCUT2D eigenvalue weighted by atomic mass is 35.5. The monoisotopic (exact) mass is 530 g/mol. The molecule has 3 saturated heterocycles. The Kier molecular flexibility index (Phi) is 8.41. The first-order chi connectivity index (χ1) is 17.6. The summed E-state index contributed by atoms with van der Waals surface area (Å²) in [7, 11) is 0. The van der Waals surface area contributed by atoms with Crippen molar-refractivity contribution in [2.75, 3.05) is 74.3 Å². The van der Waals surface area contributed by atoms with Gasteiger partial charge in [0.2, 0.25) is 5.95 Å². The summed E-state index contributed by atoms with van der Waals surface area (Å²) >= 11 is 12.1. The minimum atomic E-state index is -0.0929. The maximum atomic E-state index is 6.33. The average Bonchev–Trinajstić information content (AvgIpc) is 2.93. The zero-order chi connectivity index (χ0) is 24.8. The van der Waals surface area contributed by atoms with Gasteiger partial charge in [-0.3, -0.25) is 0 Å². The SMILES string of the molecule is S=C(NCC1(c2cccc(Cl)c2)CCOCC1)Nc1nc(N2CCCCC2)cc(N2CCOCC2)n1. The van der Waals surface area contributed by atoms with E-state index in [4.69, 9.17) is 43.3 Å². The molecule has 4 heterocycles. The fraction of sp³-hybridized carbons (Fsp3) is 0.577. The van der Waals surface area contributed by atoms with E-state index in [1.807, 2.05) is 12.1 Å². The van der Waals surface area contributed by atoms with Gasteiger partial charge in [-0.05, 0) is 62.0 Å². The van der Waals surface area contributed by atoms with E-state index >= 15 is 0 Å². The van der Waals surface area contributed by atoms with Crippen LogP contribution in [-0.2, 0) is 14.9 Å². The molecule has 0 saturated carbocycles. The maximum Gasteiger partial charge on any atom is 0.232 e. The van der Waals surface area contributed by atoms with Gasteiger partial charge in [0.25, 0.3) is 0 Å². The molecule has 3 fully saturated rings. The van der Waals surface area contributed by atoms with Gasteiger partial charge in [-0.2, -0.15) is 9.97 Å². The van der Waals surface area contributed by atoms with Crippen LogP contribution in [0.3, 0.4) is 0 Å². The number of thiocarbonyl (C=S) groups is 1. The van der Waals surface area contributed by atoms with Crippen molar-refractivity contribution in [1.29, 1.82) is 0 Å². The Balaban J connectivity index is 1.31. The van der Waals surface area contributed by atoms with Crippen LogP contribution >= 0.6 is 23.8 Å². The van der Waals surface area contributed by atoms with Crippen molar-refractivity contribution in [3.05, 3.63) is 40.9 Å². The molecule has 10 heteroatoms. The number of hydrogen-bond donors (Lipinski definition) is 2. The van der Waals surface area contributed by atoms with Crippen LogP contribution in [0.2, 0.25) is 5.02 Å². The minimum absolute atomic E-state index is 0.0929. The molecular formula is C26H35ClN6O2S. The highest BCUT2D eigenvalue weighted by molar-refractivity contribution is 7.80. The minimum Gasteiger partial charge on any atom is -0.381 e. The summed E-state index contributed by atoms with van der Waals surface area (Å²) in [6.07, 6.45) is 5.47. The largest absolute Gasteiger partial charge is 0.381 e. The normalized spacial score (nSPS) is 20.1. The molecule has 1 aromatic carbocycles. The first kappa shape index (κ1) is 25.4. The molecule has 3 aliphatic heterocycles. The third kappa shape index (κ3) is 6.19. The van der Waals surface area contributed by atoms with E-state index in [1.54, 1.807) is 0 Å². The molecule has 36 heavy (non-hydrogen) atoms. The molecule has 3 aliphatic rings. The lowest BCUT2D eigenvalue weighted by Crippen LogP contribution is -2.45. The van der Waals surface area contributed by atoms with Crippen LogP contribution in [-0.4, -0.2) is 74.2 Å². The summed E-state index contributed by atoms with van der Waals surface area (Å²) in [6.45, 7) is 7.23. The standard InChI is InChI=1S/C26H35ClN6O2S/c27-21-6-4-5-20(17-21)26(7-13-34-14-8-26)19-28-25(36)31-24-29-22(32-9-2-1-3-10-32)18-23(30-24)33-11-15-35-16-12-33/h4-6,17-18H,1-3,7-16,19H2,(H2,28,29,30,31,36). The number of benzene rings is 1. The molecule has 1 aromatic heterocycles. The lowest BCUT2D eigenvalue weighted by Gasteiger charge is -2.38. The zero-order valence-electron chi connectivity index (χ0n) is 20.7. The summed E-state index contributed by atoms with van der Waals surface area (Å²) in [5.74, 6) is 2.40. The molecule has 0 radical (unpaired) electrons.